The summed E-state index contributed by atoms with van der Waals surface area (Å²) < 4.78 is 0. The third-order valence-corrected chi connectivity index (χ3v) is 4.83. The number of rotatable bonds is 3. The summed E-state index contributed by atoms with van der Waals surface area (Å²) in [5.74, 6) is 0. The lowest BCUT2D eigenvalue weighted by Gasteiger charge is -2.43. The van der Waals surface area contributed by atoms with E-state index in [2.05, 4.69) is 33.0 Å². The van der Waals surface area contributed by atoms with Crippen molar-refractivity contribution in [2.24, 2.45) is 0 Å². The number of pyridine rings is 1. The van der Waals surface area contributed by atoms with Gasteiger partial charge in [-0.15, -0.1) is 0 Å². The summed E-state index contributed by atoms with van der Waals surface area (Å²) in [6.45, 7) is 4.66. The molecule has 3 rings (SSSR count). The van der Waals surface area contributed by atoms with Crippen LogP contribution in [0.4, 0.5) is 5.69 Å². The molecule has 0 N–H and O–H groups in total. The molecule has 0 aromatic carbocycles. The van der Waals surface area contributed by atoms with Gasteiger partial charge in [-0.3, -0.25) is 9.88 Å². The quantitative estimate of drug-likeness (QED) is 0.844. The van der Waals surface area contributed by atoms with Crippen molar-refractivity contribution in [1.82, 2.24) is 14.9 Å². The molecule has 1 aromatic heterocycles. The molecule has 0 radical (unpaired) electrons. The predicted octanol–water partition coefficient (Wildman–Crippen LogP) is 2.38. The highest BCUT2D eigenvalue weighted by molar-refractivity contribution is 5.41. The Bertz CT molecular complexity index is 394. The Morgan fingerprint density at radius 1 is 1.10 bits per heavy atom. The Kier molecular flexibility index (Phi) is 4.53. The van der Waals surface area contributed by atoms with Crippen molar-refractivity contribution >= 4 is 5.69 Å². The summed E-state index contributed by atoms with van der Waals surface area (Å²) in [4.78, 5) is 6.93. The lowest BCUT2D eigenvalue weighted by molar-refractivity contribution is 0.0758. The monoisotopic (exact) mass is 274 g/mol. The fourth-order valence-corrected chi connectivity index (χ4v) is 3.53. The first-order valence-electron chi connectivity index (χ1n) is 7.97. The minimum absolute atomic E-state index is 0.856. The summed E-state index contributed by atoms with van der Waals surface area (Å²) in [6, 6.07) is 4.99. The summed E-state index contributed by atoms with van der Waals surface area (Å²) in [5, 5.41) is 4.70. The first-order valence-corrected chi connectivity index (χ1v) is 7.97. The molecular weight excluding hydrogens is 248 g/mol. The first-order chi connectivity index (χ1) is 9.84. The minimum atomic E-state index is 0.856. The van der Waals surface area contributed by atoms with E-state index in [9.17, 15) is 0 Å². The number of hydrogen-bond donors (Lipinski definition) is 0. The van der Waals surface area contributed by atoms with Crippen molar-refractivity contribution < 1.29 is 0 Å². The number of hydrazine groups is 1. The highest BCUT2D eigenvalue weighted by atomic mass is 15.6. The second kappa shape index (κ2) is 6.55. The largest absolute Gasteiger partial charge is 0.307 e. The van der Waals surface area contributed by atoms with Crippen molar-refractivity contribution in [2.75, 3.05) is 38.2 Å². The second-order valence-corrected chi connectivity index (χ2v) is 6.02. The molecule has 0 amide bonds. The van der Waals surface area contributed by atoms with E-state index in [1.54, 1.807) is 0 Å². The third-order valence-electron chi connectivity index (χ3n) is 4.83. The van der Waals surface area contributed by atoms with Crippen LogP contribution in [0, 0.1) is 0 Å². The SMILES string of the molecule is CN(c1cccnc1)N1CCN(C2CCCCC2)CC1. The molecule has 1 saturated heterocycles. The molecule has 0 unspecified atom stereocenters. The zero-order valence-electron chi connectivity index (χ0n) is 12.5. The molecule has 110 valence electrons. The lowest BCUT2D eigenvalue weighted by Crippen LogP contribution is -2.55. The molecular formula is C16H26N4. The number of hydrogen-bond acceptors (Lipinski definition) is 4. The van der Waals surface area contributed by atoms with Gasteiger partial charge in [0.25, 0.3) is 0 Å². The van der Waals surface area contributed by atoms with Gasteiger partial charge in [0, 0.05) is 45.5 Å². The molecule has 0 bridgehead atoms. The maximum Gasteiger partial charge on any atom is 0.0702 e. The topological polar surface area (TPSA) is 22.6 Å². The molecule has 0 spiro atoms. The maximum absolute atomic E-state index is 4.21. The fourth-order valence-electron chi connectivity index (χ4n) is 3.53. The van der Waals surface area contributed by atoms with Crippen molar-refractivity contribution in [1.29, 1.82) is 0 Å². The summed E-state index contributed by atoms with van der Waals surface area (Å²) in [5.41, 5.74) is 1.18. The smallest absolute Gasteiger partial charge is 0.0702 e. The number of aromatic nitrogens is 1. The summed E-state index contributed by atoms with van der Waals surface area (Å²) in [6.07, 6.45) is 10.9. The number of nitrogens with zero attached hydrogens (tertiary/aromatic N) is 4. The van der Waals surface area contributed by atoms with E-state index >= 15 is 0 Å². The van der Waals surface area contributed by atoms with Crippen LogP contribution in [0.3, 0.4) is 0 Å². The molecule has 2 heterocycles. The van der Waals surface area contributed by atoms with Gasteiger partial charge >= 0.3 is 0 Å². The van der Waals surface area contributed by atoms with Crippen molar-refractivity contribution in [3.8, 4) is 0 Å². The zero-order valence-corrected chi connectivity index (χ0v) is 12.5. The average Bonchev–Trinajstić information content (AvgIpc) is 2.56. The van der Waals surface area contributed by atoms with Gasteiger partial charge in [0.1, 0.15) is 0 Å². The predicted molar refractivity (Wildman–Crippen MR) is 82.7 cm³/mol. The summed E-state index contributed by atoms with van der Waals surface area (Å²) in [7, 11) is 2.15. The van der Waals surface area contributed by atoms with E-state index in [1.165, 1.54) is 50.9 Å². The van der Waals surface area contributed by atoms with Gasteiger partial charge in [-0.2, -0.15) is 0 Å². The number of piperazine rings is 1. The second-order valence-electron chi connectivity index (χ2n) is 6.02. The Morgan fingerprint density at radius 3 is 2.50 bits per heavy atom. The van der Waals surface area contributed by atoms with Crippen molar-refractivity contribution in [3.63, 3.8) is 0 Å². The highest BCUT2D eigenvalue weighted by Crippen LogP contribution is 2.24. The molecule has 4 nitrogen and oxygen atoms in total. The Hall–Kier alpha value is -1.13. The third kappa shape index (κ3) is 3.13. The van der Waals surface area contributed by atoms with E-state index in [0.29, 0.717) is 0 Å². The molecule has 4 heteroatoms. The van der Waals surface area contributed by atoms with Crippen LogP contribution in [-0.2, 0) is 0 Å². The van der Waals surface area contributed by atoms with Crippen LogP contribution in [0.2, 0.25) is 0 Å². The van der Waals surface area contributed by atoms with Crippen LogP contribution in [0.15, 0.2) is 24.5 Å². The standard InChI is InChI=1S/C16H26N4/c1-18(16-8-5-9-17-14-16)20-12-10-19(11-13-20)15-6-3-2-4-7-15/h5,8-9,14-15H,2-4,6-7,10-13H2,1H3. The molecule has 1 aliphatic carbocycles. The summed E-state index contributed by atoms with van der Waals surface area (Å²) >= 11 is 0. The van der Waals surface area contributed by atoms with Gasteiger partial charge in [0.05, 0.1) is 11.9 Å². The van der Waals surface area contributed by atoms with Gasteiger partial charge < -0.3 is 5.01 Å². The first kappa shape index (κ1) is 13.8. The van der Waals surface area contributed by atoms with Crippen LogP contribution >= 0.6 is 0 Å². The highest BCUT2D eigenvalue weighted by Gasteiger charge is 2.26. The van der Waals surface area contributed by atoms with E-state index in [1.807, 2.05) is 18.5 Å². The lowest BCUT2D eigenvalue weighted by atomic mass is 9.94. The van der Waals surface area contributed by atoms with Gasteiger partial charge in [-0.1, -0.05) is 19.3 Å². The number of anilines is 1. The van der Waals surface area contributed by atoms with Crippen LogP contribution in [0.5, 0.6) is 0 Å². The Balaban J connectivity index is 1.53. The van der Waals surface area contributed by atoms with Gasteiger partial charge in [0.15, 0.2) is 0 Å². The van der Waals surface area contributed by atoms with Crippen LogP contribution < -0.4 is 5.01 Å². The molecule has 1 aromatic rings. The maximum atomic E-state index is 4.21. The molecule has 1 aliphatic heterocycles. The van der Waals surface area contributed by atoms with E-state index in [4.69, 9.17) is 0 Å². The normalized spacial score (nSPS) is 22.9. The van der Waals surface area contributed by atoms with Crippen LogP contribution in [0.1, 0.15) is 32.1 Å². The molecule has 0 atom stereocenters. The average molecular weight is 274 g/mol. The Labute approximate surface area is 122 Å². The minimum Gasteiger partial charge on any atom is -0.307 e. The van der Waals surface area contributed by atoms with Crippen molar-refractivity contribution in [2.45, 2.75) is 38.1 Å². The Morgan fingerprint density at radius 2 is 1.85 bits per heavy atom. The van der Waals surface area contributed by atoms with Gasteiger partial charge in [-0.05, 0) is 25.0 Å². The molecule has 20 heavy (non-hydrogen) atoms. The van der Waals surface area contributed by atoms with Crippen LogP contribution in [-0.4, -0.2) is 54.2 Å². The van der Waals surface area contributed by atoms with Gasteiger partial charge in [-0.25, -0.2) is 5.01 Å². The molecule has 1 saturated carbocycles. The van der Waals surface area contributed by atoms with E-state index in [0.717, 1.165) is 19.1 Å². The fraction of sp³-hybridized carbons (Fsp3) is 0.688. The zero-order chi connectivity index (χ0) is 13.8. The van der Waals surface area contributed by atoms with E-state index in [-0.39, 0.29) is 0 Å². The van der Waals surface area contributed by atoms with Crippen molar-refractivity contribution in [3.05, 3.63) is 24.5 Å². The molecule has 2 fully saturated rings. The van der Waals surface area contributed by atoms with Gasteiger partial charge in [0.2, 0.25) is 0 Å². The van der Waals surface area contributed by atoms with Crippen LogP contribution in [0.25, 0.3) is 0 Å². The van der Waals surface area contributed by atoms with E-state index < -0.39 is 0 Å². The molecule has 2 aliphatic rings.